The second kappa shape index (κ2) is 9.59. The first-order chi connectivity index (χ1) is 18.5. The minimum absolute atomic E-state index is 0.246. The van der Waals surface area contributed by atoms with Crippen molar-refractivity contribution in [3.05, 3.63) is 30.0 Å². The van der Waals surface area contributed by atoms with Crippen LogP contribution in [0.2, 0.25) is 0 Å². The first-order valence-corrected chi connectivity index (χ1v) is 15.3. The summed E-state index contributed by atoms with van der Waals surface area (Å²) in [6.07, 6.45) is 4.72. The van der Waals surface area contributed by atoms with Crippen LogP contribution >= 0.6 is 11.3 Å². The van der Waals surface area contributed by atoms with Crippen LogP contribution in [0.25, 0.3) is 21.3 Å². The third-order valence-electron chi connectivity index (χ3n) is 7.60. The molecule has 1 aromatic carbocycles. The van der Waals surface area contributed by atoms with Crippen molar-refractivity contribution in [3.8, 4) is 21.3 Å². The summed E-state index contributed by atoms with van der Waals surface area (Å²) in [5.74, 6) is -2.87. The molecule has 1 saturated carbocycles. The zero-order valence-electron chi connectivity index (χ0n) is 21.4. The molecular weight excluding hydrogens is 548 g/mol. The van der Waals surface area contributed by atoms with Gasteiger partial charge in [-0.05, 0) is 62.3 Å². The van der Waals surface area contributed by atoms with Crippen molar-refractivity contribution >= 4 is 38.7 Å². The van der Waals surface area contributed by atoms with Crippen molar-refractivity contribution in [1.82, 2.24) is 20.2 Å². The maximum atomic E-state index is 13.4. The first-order valence-electron chi connectivity index (χ1n) is 12.9. The fraction of sp³-hybridized carbons (Fsp3) is 0.520. The van der Waals surface area contributed by atoms with Crippen molar-refractivity contribution in [2.24, 2.45) is 5.41 Å². The van der Waals surface area contributed by atoms with Gasteiger partial charge in [0.25, 0.3) is 5.92 Å². The number of sulfonamides is 1. The van der Waals surface area contributed by atoms with E-state index in [0.717, 1.165) is 37.2 Å². The summed E-state index contributed by atoms with van der Waals surface area (Å²) >= 11 is 1.33. The lowest BCUT2D eigenvalue weighted by atomic mass is 9.93. The Bertz CT molecular complexity index is 1490. The lowest BCUT2D eigenvalue weighted by Gasteiger charge is -2.38. The highest BCUT2D eigenvalue weighted by atomic mass is 32.2. The maximum absolute atomic E-state index is 13.4. The number of piperidine rings is 1. The molecule has 1 spiro atoms. The predicted molar refractivity (Wildman–Crippen MR) is 146 cm³/mol. The van der Waals surface area contributed by atoms with E-state index in [1.165, 1.54) is 29.1 Å². The number of aromatic nitrogens is 4. The van der Waals surface area contributed by atoms with E-state index in [1.807, 2.05) is 12.1 Å². The molecule has 3 fully saturated rings. The molecule has 0 atom stereocenters. The molecular formula is C25H29F2N7O3S2. The molecule has 0 amide bonds. The highest BCUT2D eigenvalue weighted by molar-refractivity contribution is 7.92. The topological polar surface area (TPSA) is 124 Å². The molecule has 0 unspecified atom stereocenters. The Balaban J connectivity index is 1.32. The van der Waals surface area contributed by atoms with E-state index in [9.17, 15) is 17.2 Å². The number of nitrogens with zero attached hydrogens (tertiary/aromatic N) is 6. The number of halogens is 2. The molecule has 10 nitrogen and oxygen atoms in total. The summed E-state index contributed by atoms with van der Waals surface area (Å²) in [5, 5.41) is 19.1. The predicted octanol–water partition coefficient (Wildman–Crippen LogP) is 3.54. The van der Waals surface area contributed by atoms with Gasteiger partial charge in [0.15, 0.2) is 5.01 Å². The van der Waals surface area contributed by atoms with E-state index in [1.54, 1.807) is 19.1 Å². The average molecular weight is 578 g/mol. The van der Waals surface area contributed by atoms with Crippen LogP contribution in [0, 0.1) is 12.3 Å². The monoisotopic (exact) mass is 577 g/mol. The molecule has 0 radical (unpaired) electrons. The molecule has 1 aliphatic carbocycles. The van der Waals surface area contributed by atoms with Gasteiger partial charge in [-0.3, -0.25) is 4.72 Å². The van der Waals surface area contributed by atoms with Crippen LogP contribution in [0.3, 0.4) is 0 Å². The molecule has 14 heteroatoms. The van der Waals surface area contributed by atoms with Gasteiger partial charge in [-0.15, -0.1) is 10.2 Å². The van der Waals surface area contributed by atoms with Gasteiger partial charge in [0.2, 0.25) is 16.0 Å². The largest absolute Gasteiger partial charge is 0.395 e. The Hall–Kier alpha value is -2.97. The third kappa shape index (κ3) is 5.54. The lowest BCUT2D eigenvalue weighted by Crippen LogP contribution is -2.57. The quantitative estimate of drug-likeness (QED) is 0.414. The summed E-state index contributed by atoms with van der Waals surface area (Å²) in [4.78, 5) is 12.5. The molecule has 2 saturated heterocycles. The van der Waals surface area contributed by atoms with Gasteiger partial charge < -0.3 is 14.9 Å². The van der Waals surface area contributed by atoms with E-state index in [-0.39, 0.29) is 11.7 Å². The summed E-state index contributed by atoms with van der Waals surface area (Å²) in [5.41, 5.74) is 3.73. The van der Waals surface area contributed by atoms with Gasteiger partial charge in [0.1, 0.15) is 10.7 Å². The maximum Gasteiger partial charge on any atom is 0.282 e. The van der Waals surface area contributed by atoms with Gasteiger partial charge in [-0.2, -0.15) is 0 Å². The van der Waals surface area contributed by atoms with E-state index in [4.69, 9.17) is 5.11 Å². The van der Waals surface area contributed by atoms with E-state index < -0.39 is 35.6 Å². The van der Waals surface area contributed by atoms with Gasteiger partial charge in [0, 0.05) is 30.0 Å². The Labute approximate surface area is 229 Å². The summed E-state index contributed by atoms with van der Waals surface area (Å²) < 4.78 is 54.0. The van der Waals surface area contributed by atoms with Gasteiger partial charge in [0.05, 0.1) is 31.1 Å². The second-order valence-electron chi connectivity index (χ2n) is 10.7. The minimum Gasteiger partial charge on any atom is -0.395 e. The molecule has 2 N–H and O–H groups in total. The number of benzene rings is 1. The highest BCUT2D eigenvalue weighted by Gasteiger charge is 2.46. The smallest absolute Gasteiger partial charge is 0.282 e. The van der Waals surface area contributed by atoms with E-state index >= 15 is 0 Å². The lowest BCUT2D eigenvalue weighted by molar-refractivity contribution is -0.0271. The molecule has 3 aliphatic rings. The SMILES string of the molecule is Cc1cc(-c2nnc(-c3ccc(NS(=O)(=O)CCO)cc3N3CCC4(CC3)CC4)s2)nc(N2CC(F)(F)C2)n1. The summed E-state index contributed by atoms with van der Waals surface area (Å²) in [7, 11) is -3.68. The number of nitrogens with one attached hydrogen (secondary N) is 1. The van der Waals surface area contributed by atoms with E-state index in [0.29, 0.717) is 32.5 Å². The van der Waals surface area contributed by atoms with Crippen molar-refractivity contribution < 1.29 is 22.3 Å². The Morgan fingerprint density at radius 2 is 1.74 bits per heavy atom. The van der Waals surface area contributed by atoms with Crippen LogP contribution in [0.1, 0.15) is 31.4 Å². The van der Waals surface area contributed by atoms with E-state index in [2.05, 4.69) is 29.8 Å². The number of hydrogen-bond acceptors (Lipinski definition) is 10. The Morgan fingerprint density at radius 3 is 2.41 bits per heavy atom. The zero-order chi connectivity index (χ0) is 27.4. The summed E-state index contributed by atoms with van der Waals surface area (Å²) in [6.45, 7) is 2.22. The molecule has 4 heterocycles. The standard InChI is InChI=1S/C25H29F2N7O3S2/c1-16-12-19(29-23(28-16)34-14-25(26,27)15-34)22-31-30-21(38-22)18-3-2-17(32-39(36,37)11-10-35)13-20(18)33-8-6-24(4-5-24)7-9-33/h2-3,12-13,32,35H,4-11,14-15H2,1H3. The third-order valence-corrected chi connectivity index (χ3v) is 9.84. The van der Waals surface area contributed by atoms with Crippen molar-refractivity contribution in [3.63, 3.8) is 0 Å². The summed E-state index contributed by atoms with van der Waals surface area (Å²) in [6, 6.07) is 7.08. The molecule has 39 heavy (non-hydrogen) atoms. The number of aliphatic hydroxyl groups is 1. The van der Waals surface area contributed by atoms with Gasteiger partial charge in [-0.25, -0.2) is 27.2 Å². The number of anilines is 3. The van der Waals surface area contributed by atoms with Crippen LogP contribution in [0.5, 0.6) is 0 Å². The molecule has 2 aromatic heterocycles. The van der Waals surface area contributed by atoms with Crippen molar-refractivity contribution in [2.45, 2.75) is 38.5 Å². The van der Waals surface area contributed by atoms with Crippen LogP contribution in [0.4, 0.5) is 26.1 Å². The highest BCUT2D eigenvalue weighted by Crippen LogP contribution is 2.54. The minimum atomic E-state index is -3.68. The molecule has 0 bridgehead atoms. The number of rotatable bonds is 8. The molecule has 6 rings (SSSR count). The average Bonchev–Trinajstić information content (AvgIpc) is 3.42. The first kappa shape index (κ1) is 26.3. The zero-order valence-corrected chi connectivity index (χ0v) is 23.0. The molecule has 2 aliphatic heterocycles. The van der Waals surface area contributed by atoms with Crippen molar-refractivity contribution in [1.29, 1.82) is 0 Å². The molecule has 3 aromatic rings. The number of hydrogen-bond donors (Lipinski definition) is 2. The van der Waals surface area contributed by atoms with Crippen LogP contribution in [0.15, 0.2) is 24.3 Å². The normalized spacial score (nSPS) is 19.7. The van der Waals surface area contributed by atoms with Gasteiger partial charge >= 0.3 is 0 Å². The van der Waals surface area contributed by atoms with Crippen LogP contribution < -0.4 is 14.5 Å². The van der Waals surface area contributed by atoms with Crippen molar-refractivity contribution in [2.75, 3.05) is 53.1 Å². The van der Waals surface area contributed by atoms with Gasteiger partial charge in [-0.1, -0.05) is 11.3 Å². The Morgan fingerprint density at radius 1 is 1.03 bits per heavy atom. The van der Waals surface area contributed by atoms with Crippen LogP contribution in [-0.2, 0) is 10.0 Å². The number of aryl methyl sites for hydroxylation is 1. The molecule has 208 valence electrons. The number of alkyl halides is 2. The number of aliphatic hydroxyl groups excluding tert-OH is 1. The van der Waals surface area contributed by atoms with Crippen LogP contribution in [-0.4, -0.2) is 78.2 Å². The fourth-order valence-electron chi connectivity index (χ4n) is 5.18. The fourth-order valence-corrected chi connectivity index (χ4v) is 6.85. The Kier molecular flexibility index (Phi) is 6.46. The second-order valence-corrected chi connectivity index (χ2v) is 13.5.